The van der Waals surface area contributed by atoms with E-state index in [1.165, 1.54) is 22.3 Å². The molecule has 0 atom stereocenters. The maximum absolute atomic E-state index is 12.8. The Balaban J connectivity index is 1.15. The van der Waals surface area contributed by atoms with Crippen LogP contribution in [-0.4, -0.2) is 36.2 Å². The fourth-order valence-corrected chi connectivity index (χ4v) is 5.13. The normalized spacial score (nSPS) is 17.9. The molecule has 0 aliphatic carbocycles. The van der Waals surface area contributed by atoms with E-state index in [9.17, 15) is 9.59 Å². The first-order valence-corrected chi connectivity index (χ1v) is 11.0. The van der Waals surface area contributed by atoms with E-state index in [1.807, 2.05) is 17.0 Å². The van der Waals surface area contributed by atoms with Crippen molar-refractivity contribution in [1.82, 2.24) is 4.90 Å². The van der Waals surface area contributed by atoms with Crippen LogP contribution in [0.3, 0.4) is 0 Å². The van der Waals surface area contributed by atoms with E-state index in [-0.39, 0.29) is 11.7 Å². The molecule has 0 spiro atoms. The van der Waals surface area contributed by atoms with Gasteiger partial charge in [0.2, 0.25) is 5.91 Å². The number of carbonyl (C=O) groups is 2. The van der Waals surface area contributed by atoms with Crippen LogP contribution in [0.5, 0.6) is 0 Å². The van der Waals surface area contributed by atoms with Gasteiger partial charge in [-0.25, -0.2) is 0 Å². The lowest BCUT2D eigenvalue weighted by Gasteiger charge is -2.28. The summed E-state index contributed by atoms with van der Waals surface area (Å²) in [7, 11) is 0. The van der Waals surface area contributed by atoms with E-state index >= 15 is 0 Å². The lowest BCUT2D eigenvalue weighted by atomic mass is 9.94. The first-order valence-electron chi connectivity index (χ1n) is 11.0. The number of rotatable bonds is 6. The summed E-state index contributed by atoms with van der Waals surface area (Å²) < 4.78 is 0. The van der Waals surface area contributed by atoms with Crippen molar-refractivity contribution in [3.8, 4) is 0 Å². The summed E-state index contributed by atoms with van der Waals surface area (Å²) in [4.78, 5) is 29.3. The number of benzene rings is 2. The predicted octanol–water partition coefficient (Wildman–Crippen LogP) is 3.93. The van der Waals surface area contributed by atoms with Gasteiger partial charge in [-0.15, -0.1) is 0 Å². The Morgan fingerprint density at radius 2 is 1.62 bits per heavy atom. The van der Waals surface area contributed by atoms with Crippen molar-refractivity contribution in [3.05, 3.63) is 64.2 Å². The molecule has 3 aliphatic rings. The molecule has 4 heteroatoms. The van der Waals surface area contributed by atoms with Gasteiger partial charge in [-0.3, -0.25) is 14.5 Å². The first-order chi connectivity index (χ1) is 14.2. The third kappa shape index (κ3) is 3.62. The third-order valence-corrected chi connectivity index (χ3v) is 6.71. The summed E-state index contributed by atoms with van der Waals surface area (Å²) in [5.41, 5.74) is 7.26. The highest BCUT2D eigenvalue weighted by Crippen LogP contribution is 2.37. The number of ketones is 1. The van der Waals surface area contributed by atoms with Gasteiger partial charge in [-0.05, 0) is 73.0 Å². The second-order valence-corrected chi connectivity index (χ2v) is 8.61. The third-order valence-electron chi connectivity index (χ3n) is 6.71. The highest BCUT2D eigenvalue weighted by Gasteiger charge is 2.31. The molecule has 0 radical (unpaired) electrons. The van der Waals surface area contributed by atoms with Crippen molar-refractivity contribution in [2.75, 3.05) is 24.5 Å². The molecular weight excluding hydrogens is 360 g/mol. The minimum Gasteiger partial charge on any atom is -0.312 e. The molecule has 0 unspecified atom stereocenters. The van der Waals surface area contributed by atoms with Gasteiger partial charge in [-0.1, -0.05) is 24.3 Å². The Bertz CT molecular complexity index is 965. The van der Waals surface area contributed by atoms with Crippen LogP contribution in [0.2, 0.25) is 0 Å². The van der Waals surface area contributed by atoms with Crippen LogP contribution in [0.4, 0.5) is 5.69 Å². The topological polar surface area (TPSA) is 40.6 Å². The SMILES string of the molecule is O=C(CCCCN1CCc2ccccc2C1)c1cc2c3c(c1)CCN3C(=O)CC2. The van der Waals surface area contributed by atoms with Crippen molar-refractivity contribution < 1.29 is 9.59 Å². The fraction of sp³-hybridized carbons (Fsp3) is 0.440. The molecule has 29 heavy (non-hydrogen) atoms. The number of anilines is 1. The quantitative estimate of drug-likeness (QED) is 0.556. The Morgan fingerprint density at radius 3 is 2.48 bits per heavy atom. The maximum atomic E-state index is 12.8. The van der Waals surface area contributed by atoms with Crippen molar-refractivity contribution in [2.24, 2.45) is 0 Å². The molecule has 2 aromatic rings. The molecule has 1 amide bonds. The zero-order valence-corrected chi connectivity index (χ0v) is 17.0. The Labute approximate surface area is 172 Å². The average Bonchev–Trinajstić information content (AvgIpc) is 3.19. The zero-order valence-electron chi connectivity index (χ0n) is 17.0. The molecule has 0 aromatic heterocycles. The van der Waals surface area contributed by atoms with Crippen molar-refractivity contribution in [1.29, 1.82) is 0 Å². The monoisotopic (exact) mass is 388 g/mol. The van der Waals surface area contributed by atoms with Gasteiger partial charge < -0.3 is 4.90 Å². The van der Waals surface area contributed by atoms with Gasteiger partial charge in [0.15, 0.2) is 5.78 Å². The number of carbonyl (C=O) groups excluding carboxylic acids is 2. The molecule has 5 rings (SSSR count). The molecular formula is C25H28N2O2. The number of nitrogens with zero attached hydrogens (tertiary/aromatic N) is 2. The van der Waals surface area contributed by atoms with E-state index in [1.54, 1.807) is 0 Å². The number of aryl methyl sites for hydroxylation is 1. The van der Waals surface area contributed by atoms with Crippen LogP contribution in [-0.2, 0) is 30.6 Å². The molecule has 0 saturated carbocycles. The zero-order chi connectivity index (χ0) is 19.8. The van der Waals surface area contributed by atoms with Crippen molar-refractivity contribution in [3.63, 3.8) is 0 Å². The number of fused-ring (bicyclic) bond motifs is 1. The van der Waals surface area contributed by atoms with Gasteiger partial charge in [0.1, 0.15) is 0 Å². The van der Waals surface area contributed by atoms with E-state index in [4.69, 9.17) is 0 Å². The second-order valence-electron chi connectivity index (χ2n) is 8.61. The lowest BCUT2D eigenvalue weighted by molar-refractivity contribution is -0.118. The summed E-state index contributed by atoms with van der Waals surface area (Å²) in [6.07, 6.45) is 5.98. The number of hydrogen-bond donors (Lipinski definition) is 0. The molecule has 0 N–H and O–H groups in total. The Kier molecular flexibility index (Phi) is 4.96. The molecule has 0 fully saturated rings. The standard InChI is InChI=1S/C25H28N2O2/c28-23(7-3-4-12-26-13-10-18-5-1-2-6-21(18)17-26)22-15-19-8-9-24(29)27-14-11-20(16-22)25(19)27/h1-2,5-6,15-16H,3-4,7-14,17H2. The Hall–Kier alpha value is -2.46. The molecule has 4 nitrogen and oxygen atoms in total. The van der Waals surface area contributed by atoms with Gasteiger partial charge in [0.05, 0.1) is 5.69 Å². The summed E-state index contributed by atoms with van der Waals surface area (Å²) in [5.74, 6) is 0.485. The molecule has 0 saturated heterocycles. The van der Waals surface area contributed by atoms with Crippen molar-refractivity contribution >= 4 is 17.4 Å². The number of Topliss-reactive ketones (excluding diaryl/α,β-unsaturated/α-hetero) is 1. The summed E-state index contributed by atoms with van der Waals surface area (Å²) in [6.45, 7) is 3.99. The highest BCUT2D eigenvalue weighted by molar-refractivity contribution is 6.02. The molecule has 2 aromatic carbocycles. The molecule has 3 aliphatic heterocycles. The van der Waals surface area contributed by atoms with Gasteiger partial charge >= 0.3 is 0 Å². The van der Waals surface area contributed by atoms with Gasteiger partial charge in [-0.2, -0.15) is 0 Å². The number of hydrogen-bond acceptors (Lipinski definition) is 3. The van der Waals surface area contributed by atoms with E-state index < -0.39 is 0 Å². The minimum atomic E-state index is 0.232. The van der Waals surface area contributed by atoms with E-state index in [2.05, 4.69) is 29.2 Å². The number of unbranched alkanes of at least 4 members (excludes halogenated alkanes) is 1. The fourth-order valence-electron chi connectivity index (χ4n) is 5.13. The maximum Gasteiger partial charge on any atom is 0.227 e. The van der Waals surface area contributed by atoms with Crippen molar-refractivity contribution in [2.45, 2.75) is 51.5 Å². The summed E-state index contributed by atoms with van der Waals surface area (Å²) in [5, 5.41) is 0. The highest BCUT2D eigenvalue weighted by atomic mass is 16.2. The molecule has 150 valence electrons. The summed E-state index contributed by atoms with van der Waals surface area (Å²) >= 11 is 0. The van der Waals surface area contributed by atoms with Crippen LogP contribution in [0.1, 0.15) is 58.3 Å². The summed E-state index contributed by atoms with van der Waals surface area (Å²) in [6, 6.07) is 12.8. The molecule has 3 heterocycles. The average molecular weight is 389 g/mol. The first kappa shape index (κ1) is 18.6. The van der Waals surface area contributed by atoms with Crippen LogP contribution in [0.25, 0.3) is 0 Å². The Morgan fingerprint density at radius 1 is 0.862 bits per heavy atom. The molecule has 0 bridgehead atoms. The van der Waals surface area contributed by atoms with Crippen LogP contribution >= 0.6 is 0 Å². The van der Waals surface area contributed by atoms with Crippen LogP contribution in [0.15, 0.2) is 36.4 Å². The largest absolute Gasteiger partial charge is 0.312 e. The number of amides is 1. The second kappa shape index (κ2) is 7.75. The van der Waals surface area contributed by atoms with Gasteiger partial charge in [0.25, 0.3) is 0 Å². The van der Waals surface area contributed by atoms with E-state index in [0.717, 1.165) is 69.5 Å². The lowest BCUT2D eigenvalue weighted by Crippen LogP contribution is -2.32. The smallest absolute Gasteiger partial charge is 0.227 e. The van der Waals surface area contributed by atoms with Crippen LogP contribution in [0, 0.1) is 0 Å². The van der Waals surface area contributed by atoms with E-state index in [0.29, 0.717) is 12.8 Å². The predicted molar refractivity (Wildman–Crippen MR) is 114 cm³/mol. The van der Waals surface area contributed by atoms with Gasteiger partial charge in [0, 0.05) is 38.0 Å². The van der Waals surface area contributed by atoms with Crippen LogP contribution < -0.4 is 4.90 Å². The minimum absolute atomic E-state index is 0.232.